The highest BCUT2D eigenvalue weighted by molar-refractivity contribution is 7.10. The van der Waals surface area contributed by atoms with Crippen molar-refractivity contribution in [1.82, 2.24) is 4.90 Å². The first-order valence-electron chi connectivity index (χ1n) is 8.63. The Kier molecular flexibility index (Phi) is 5.25. The van der Waals surface area contributed by atoms with Crippen molar-refractivity contribution in [2.75, 3.05) is 23.7 Å². The molecule has 1 amide bonds. The topological polar surface area (TPSA) is 49.6 Å². The minimum Gasteiger partial charge on any atom is -0.398 e. The number of anilines is 2. The smallest absolute Gasteiger partial charge is 0.245 e. The van der Waals surface area contributed by atoms with Crippen LogP contribution in [0, 0.1) is 0 Å². The molecule has 2 aromatic rings. The van der Waals surface area contributed by atoms with Crippen LogP contribution < -0.4 is 10.6 Å². The normalized spacial score (nSPS) is 17.3. The Morgan fingerprint density at radius 1 is 1.24 bits per heavy atom. The number of rotatable bonds is 2. The van der Waals surface area contributed by atoms with Crippen LogP contribution in [0.2, 0.25) is 0 Å². The Labute approximate surface area is 159 Å². The molecule has 6 heteroatoms. The van der Waals surface area contributed by atoms with Gasteiger partial charge in [-0.2, -0.15) is 0 Å². The van der Waals surface area contributed by atoms with E-state index < -0.39 is 0 Å². The predicted molar refractivity (Wildman–Crippen MR) is 107 cm³/mol. The second-order valence-electron chi connectivity index (χ2n) is 6.70. The van der Waals surface area contributed by atoms with Gasteiger partial charge < -0.3 is 15.5 Å². The van der Waals surface area contributed by atoms with Gasteiger partial charge in [0.05, 0.1) is 0 Å². The molecular formula is C19H24ClN3OS. The second kappa shape index (κ2) is 7.26. The third kappa shape index (κ3) is 3.23. The van der Waals surface area contributed by atoms with E-state index in [1.54, 1.807) is 11.3 Å². The van der Waals surface area contributed by atoms with E-state index in [4.69, 9.17) is 5.73 Å². The fourth-order valence-corrected chi connectivity index (χ4v) is 4.81. The number of amides is 1. The molecule has 1 atom stereocenters. The molecule has 2 aliphatic heterocycles. The van der Waals surface area contributed by atoms with E-state index in [-0.39, 0.29) is 24.4 Å². The molecule has 2 N–H and O–H groups in total. The lowest BCUT2D eigenvalue weighted by Gasteiger charge is -2.39. The maximum Gasteiger partial charge on any atom is 0.245 e. The van der Waals surface area contributed by atoms with Crippen molar-refractivity contribution in [3.63, 3.8) is 0 Å². The summed E-state index contributed by atoms with van der Waals surface area (Å²) < 4.78 is 0. The number of nitrogen functional groups attached to an aromatic ring is 1. The molecule has 0 radical (unpaired) electrons. The molecule has 0 bridgehead atoms. The van der Waals surface area contributed by atoms with Gasteiger partial charge in [-0.1, -0.05) is 6.07 Å². The molecule has 1 unspecified atom stereocenters. The van der Waals surface area contributed by atoms with Gasteiger partial charge in [0.2, 0.25) is 5.91 Å². The van der Waals surface area contributed by atoms with E-state index in [1.165, 1.54) is 16.0 Å². The number of nitrogens with zero attached hydrogens (tertiary/aromatic N) is 2. The molecule has 25 heavy (non-hydrogen) atoms. The maximum absolute atomic E-state index is 13.1. The number of halogens is 1. The van der Waals surface area contributed by atoms with Gasteiger partial charge in [-0.05, 0) is 60.9 Å². The van der Waals surface area contributed by atoms with Gasteiger partial charge in [0.15, 0.2) is 0 Å². The predicted octanol–water partition coefficient (Wildman–Crippen LogP) is 3.48. The molecule has 1 aromatic heterocycles. The first kappa shape index (κ1) is 18.1. The number of hydrogen-bond acceptors (Lipinski definition) is 4. The number of carbonyl (C=O) groups excluding carboxylic acids is 1. The number of hydrogen-bond donors (Lipinski definition) is 1. The van der Waals surface area contributed by atoms with E-state index in [0.29, 0.717) is 0 Å². The highest BCUT2D eigenvalue weighted by Crippen LogP contribution is 2.33. The molecule has 134 valence electrons. The van der Waals surface area contributed by atoms with Crippen LogP contribution in [0.25, 0.3) is 0 Å². The molecular weight excluding hydrogens is 354 g/mol. The molecule has 0 aliphatic carbocycles. The largest absolute Gasteiger partial charge is 0.398 e. The van der Waals surface area contributed by atoms with E-state index in [1.807, 2.05) is 24.0 Å². The average Bonchev–Trinajstić information content (AvgIpc) is 3.08. The highest BCUT2D eigenvalue weighted by Gasteiger charge is 2.31. The van der Waals surface area contributed by atoms with Crippen molar-refractivity contribution < 1.29 is 4.79 Å². The van der Waals surface area contributed by atoms with Crippen molar-refractivity contribution >= 4 is 41.0 Å². The maximum atomic E-state index is 13.1. The zero-order chi connectivity index (χ0) is 16.7. The summed E-state index contributed by atoms with van der Waals surface area (Å²) in [6, 6.07) is 8.05. The van der Waals surface area contributed by atoms with Crippen LogP contribution in [0.4, 0.5) is 11.4 Å². The highest BCUT2D eigenvalue weighted by atomic mass is 35.5. The first-order valence-corrected chi connectivity index (χ1v) is 9.51. The Morgan fingerprint density at radius 2 is 2.08 bits per heavy atom. The van der Waals surface area contributed by atoms with Crippen LogP contribution in [0.3, 0.4) is 0 Å². The van der Waals surface area contributed by atoms with E-state index in [2.05, 4.69) is 22.4 Å². The Bertz CT molecular complexity index is 776. The van der Waals surface area contributed by atoms with Crippen molar-refractivity contribution in [3.05, 3.63) is 45.6 Å². The minimum absolute atomic E-state index is 0. The Hall–Kier alpha value is -1.72. The third-order valence-electron chi connectivity index (χ3n) is 5.27. The summed E-state index contributed by atoms with van der Waals surface area (Å²) in [6.45, 7) is 4.53. The van der Waals surface area contributed by atoms with Gasteiger partial charge in [-0.15, -0.1) is 23.7 Å². The van der Waals surface area contributed by atoms with Crippen LogP contribution in [0.15, 0.2) is 29.6 Å². The third-order valence-corrected chi connectivity index (χ3v) is 6.29. The summed E-state index contributed by atoms with van der Waals surface area (Å²) in [7, 11) is 0. The number of benzene rings is 1. The fourth-order valence-electron chi connectivity index (χ4n) is 3.92. The van der Waals surface area contributed by atoms with Crippen LogP contribution in [-0.2, 0) is 24.2 Å². The number of nitrogens with two attached hydrogens (primary N) is 1. The van der Waals surface area contributed by atoms with Gasteiger partial charge >= 0.3 is 0 Å². The lowest BCUT2D eigenvalue weighted by molar-refractivity contribution is -0.133. The second-order valence-corrected chi connectivity index (χ2v) is 7.70. The van der Waals surface area contributed by atoms with Gasteiger partial charge in [0, 0.05) is 35.9 Å². The summed E-state index contributed by atoms with van der Waals surface area (Å²) >= 11 is 1.81. The monoisotopic (exact) mass is 377 g/mol. The molecule has 3 heterocycles. The van der Waals surface area contributed by atoms with Crippen LogP contribution in [0.1, 0.15) is 29.3 Å². The lowest BCUT2D eigenvalue weighted by Crippen LogP contribution is -2.50. The zero-order valence-corrected chi connectivity index (χ0v) is 16.0. The van der Waals surface area contributed by atoms with E-state index >= 15 is 0 Å². The molecule has 1 aromatic carbocycles. The summed E-state index contributed by atoms with van der Waals surface area (Å²) in [4.78, 5) is 18.8. The quantitative estimate of drug-likeness (QED) is 0.815. The molecule has 2 aliphatic rings. The molecule has 0 spiro atoms. The van der Waals surface area contributed by atoms with Crippen molar-refractivity contribution in [3.8, 4) is 0 Å². The van der Waals surface area contributed by atoms with Crippen molar-refractivity contribution in [2.24, 2.45) is 0 Å². The Balaban J connectivity index is 0.00000182. The summed E-state index contributed by atoms with van der Waals surface area (Å²) in [5, 5.41) is 2.13. The van der Waals surface area contributed by atoms with Gasteiger partial charge in [-0.25, -0.2) is 0 Å². The van der Waals surface area contributed by atoms with Crippen LogP contribution in [-0.4, -0.2) is 29.9 Å². The van der Waals surface area contributed by atoms with Crippen molar-refractivity contribution in [2.45, 2.75) is 38.8 Å². The van der Waals surface area contributed by atoms with E-state index in [0.717, 1.165) is 50.3 Å². The SMILES string of the molecule is CC(C(=O)N1CCc2sccc2C1)N1CCCc2c(N)cccc21.Cl. The lowest BCUT2D eigenvalue weighted by atomic mass is 9.98. The van der Waals surface area contributed by atoms with Gasteiger partial charge in [0.25, 0.3) is 0 Å². The standard InChI is InChI=1S/C19H23N3OS.ClH/c1-13(19(23)21-10-7-18-14(12-21)8-11-24-18)22-9-3-4-15-16(20)5-2-6-17(15)22;/h2,5-6,8,11,13H,3-4,7,9-10,12,20H2,1H3;1H. The summed E-state index contributed by atoms with van der Waals surface area (Å²) in [5.74, 6) is 0.224. The minimum atomic E-state index is -0.147. The molecule has 4 rings (SSSR count). The van der Waals surface area contributed by atoms with Crippen LogP contribution in [0.5, 0.6) is 0 Å². The molecule has 0 saturated heterocycles. The van der Waals surface area contributed by atoms with Gasteiger partial charge in [0.1, 0.15) is 6.04 Å². The number of carbonyl (C=O) groups is 1. The van der Waals surface area contributed by atoms with Gasteiger partial charge in [-0.3, -0.25) is 4.79 Å². The number of thiophene rings is 1. The Morgan fingerprint density at radius 3 is 2.92 bits per heavy atom. The first-order chi connectivity index (χ1) is 11.6. The molecule has 0 saturated carbocycles. The van der Waals surface area contributed by atoms with Crippen LogP contribution >= 0.6 is 23.7 Å². The average molecular weight is 378 g/mol. The molecule has 4 nitrogen and oxygen atoms in total. The number of fused-ring (bicyclic) bond motifs is 2. The van der Waals surface area contributed by atoms with Crippen molar-refractivity contribution in [1.29, 1.82) is 0 Å². The summed E-state index contributed by atoms with van der Waals surface area (Å²) in [5.41, 5.74) is 10.6. The van der Waals surface area contributed by atoms with E-state index in [9.17, 15) is 4.79 Å². The molecule has 0 fully saturated rings. The summed E-state index contributed by atoms with van der Waals surface area (Å²) in [6.07, 6.45) is 3.03. The fraction of sp³-hybridized carbons (Fsp3) is 0.421. The zero-order valence-electron chi connectivity index (χ0n) is 14.4.